The predicted octanol–water partition coefficient (Wildman–Crippen LogP) is 1.41. The topological polar surface area (TPSA) is 125 Å². The summed E-state index contributed by atoms with van der Waals surface area (Å²) in [4.78, 5) is 11.8. The molecule has 1 aromatic carbocycles. The molecule has 0 aliphatic carbocycles. The minimum Gasteiger partial charge on any atom is -0.506 e. The van der Waals surface area contributed by atoms with Gasteiger partial charge in [-0.3, -0.25) is 18.2 Å². The van der Waals surface area contributed by atoms with Crippen molar-refractivity contribution < 1.29 is 24.1 Å². The second-order valence-corrected chi connectivity index (χ2v) is 8.51. The normalized spacial score (nSPS) is 21.6. The van der Waals surface area contributed by atoms with Crippen molar-refractivity contribution >= 4 is 22.6 Å². The maximum Gasteiger partial charge on any atom is 0.225 e. The first-order valence-corrected chi connectivity index (χ1v) is 9.12. The highest BCUT2D eigenvalue weighted by Crippen LogP contribution is 2.49. The van der Waals surface area contributed by atoms with E-state index < -0.39 is 22.6 Å². The van der Waals surface area contributed by atoms with Crippen molar-refractivity contribution in [1.82, 2.24) is 10.0 Å². The zero-order valence-corrected chi connectivity index (χ0v) is 14.8. The quantitative estimate of drug-likeness (QED) is 0.480. The summed E-state index contributed by atoms with van der Waals surface area (Å²) in [6.07, 6.45) is -0.547. The molecule has 1 amide bonds. The Bertz CT molecular complexity index is 618. The monoisotopic (exact) mass is 359 g/mol. The Kier molecular flexibility index (Phi) is 5.31. The average Bonchev–Trinajstić information content (AvgIpc) is 2.70. The van der Waals surface area contributed by atoms with E-state index in [9.17, 15) is 24.1 Å². The molecular weight excluding hydrogens is 334 g/mol. The van der Waals surface area contributed by atoms with Gasteiger partial charge in [-0.15, -0.1) is 0 Å². The molecule has 0 saturated carbocycles. The zero-order chi connectivity index (χ0) is 18.1. The van der Waals surface area contributed by atoms with Crippen LogP contribution in [0.5, 0.6) is 5.75 Å². The summed E-state index contributed by atoms with van der Waals surface area (Å²) >= 11 is 0. The van der Waals surface area contributed by atoms with Crippen molar-refractivity contribution in [1.29, 1.82) is 0 Å². The van der Waals surface area contributed by atoms with Crippen LogP contribution in [0.1, 0.15) is 26.3 Å². The number of hydrogen-bond acceptors (Lipinski definition) is 7. The van der Waals surface area contributed by atoms with E-state index in [0.717, 1.165) is 9.87 Å². The van der Waals surface area contributed by atoms with Crippen LogP contribution in [0.15, 0.2) is 18.2 Å². The lowest BCUT2D eigenvalue weighted by molar-refractivity contribution is -0.128. The number of benzene rings is 1. The molecule has 136 valence electrons. The summed E-state index contributed by atoms with van der Waals surface area (Å²) < 4.78 is 23.2. The van der Waals surface area contributed by atoms with Crippen LogP contribution in [0.2, 0.25) is 0 Å². The lowest BCUT2D eigenvalue weighted by Gasteiger charge is -2.36. The molecule has 1 atom stereocenters. The van der Waals surface area contributed by atoms with Gasteiger partial charge in [0.1, 0.15) is 17.7 Å². The number of rotatable bonds is 4. The third kappa shape index (κ3) is 4.31. The molecular formula is C15H25N3O5S. The number of phenols is 1. The van der Waals surface area contributed by atoms with E-state index in [1.54, 1.807) is 12.1 Å². The fourth-order valence-corrected chi connectivity index (χ4v) is 3.65. The largest absolute Gasteiger partial charge is 0.506 e. The number of phenolic OH excluding ortho intramolecular Hbond substituents is 1. The molecule has 9 heteroatoms. The van der Waals surface area contributed by atoms with Gasteiger partial charge < -0.3 is 15.5 Å². The van der Waals surface area contributed by atoms with Crippen LogP contribution < -0.4 is 14.3 Å². The Morgan fingerprint density at radius 3 is 2.58 bits per heavy atom. The van der Waals surface area contributed by atoms with Gasteiger partial charge in [-0.25, -0.2) is 0 Å². The number of β-amino-alcohol motifs (C(OH)–C–C–N with tert-alkyl or cyclic N) is 1. The van der Waals surface area contributed by atoms with Crippen molar-refractivity contribution in [3.8, 4) is 5.75 Å². The highest BCUT2D eigenvalue weighted by Gasteiger charge is 2.36. The third-order valence-electron chi connectivity index (χ3n) is 3.63. The van der Waals surface area contributed by atoms with E-state index in [4.69, 9.17) is 0 Å². The first-order chi connectivity index (χ1) is 11.0. The predicted molar refractivity (Wildman–Crippen MR) is 93.6 cm³/mol. The molecule has 6 N–H and O–H groups in total. The second-order valence-electron chi connectivity index (χ2n) is 6.79. The Morgan fingerprint density at radius 2 is 2.08 bits per heavy atom. The van der Waals surface area contributed by atoms with Crippen LogP contribution in [-0.2, 0) is 11.2 Å². The van der Waals surface area contributed by atoms with Gasteiger partial charge >= 0.3 is 0 Å². The highest BCUT2D eigenvalue weighted by molar-refractivity contribution is 8.24. The van der Waals surface area contributed by atoms with Crippen LogP contribution in [-0.4, -0.2) is 44.5 Å². The van der Waals surface area contributed by atoms with Crippen molar-refractivity contribution in [3.63, 3.8) is 0 Å². The lowest BCUT2D eigenvalue weighted by atomic mass is 9.95. The SMILES string of the molecule is CC(C)(C)C(=O)NCCc1ccc(N2CC(O)NS2(O)O)c(O)c1. The van der Waals surface area contributed by atoms with Gasteiger partial charge in [0, 0.05) is 12.0 Å². The Labute approximate surface area is 143 Å². The van der Waals surface area contributed by atoms with Gasteiger partial charge in [0.15, 0.2) is 0 Å². The summed E-state index contributed by atoms with van der Waals surface area (Å²) in [6.45, 7) is 5.89. The van der Waals surface area contributed by atoms with Gasteiger partial charge in [0.25, 0.3) is 0 Å². The Morgan fingerprint density at radius 1 is 1.42 bits per heavy atom. The number of hydrogen-bond donors (Lipinski definition) is 6. The highest BCUT2D eigenvalue weighted by atomic mass is 32.3. The number of aliphatic hydroxyl groups is 1. The smallest absolute Gasteiger partial charge is 0.225 e. The van der Waals surface area contributed by atoms with Crippen molar-refractivity contribution in [2.45, 2.75) is 33.4 Å². The first-order valence-electron chi connectivity index (χ1n) is 7.62. The summed E-state index contributed by atoms with van der Waals surface area (Å²) in [7, 11) is -3.35. The van der Waals surface area contributed by atoms with Gasteiger partial charge in [-0.1, -0.05) is 37.8 Å². The van der Waals surface area contributed by atoms with Crippen molar-refractivity contribution in [2.75, 3.05) is 17.4 Å². The molecule has 1 unspecified atom stereocenters. The Hall–Kier alpha value is -1.52. The van der Waals surface area contributed by atoms with Crippen LogP contribution in [0.4, 0.5) is 5.69 Å². The molecule has 0 spiro atoms. The molecule has 0 radical (unpaired) electrons. The lowest BCUT2D eigenvalue weighted by Crippen LogP contribution is -2.35. The van der Waals surface area contributed by atoms with E-state index in [1.165, 1.54) is 6.07 Å². The summed E-state index contributed by atoms with van der Waals surface area (Å²) in [6, 6.07) is 4.81. The van der Waals surface area contributed by atoms with Crippen molar-refractivity contribution in [2.24, 2.45) is 5.41 Å². The van der Waals surface area contributed by atoms with E-state index in [0.29, 0.717) is 13.0 Å². The molecule has 2 rings (SSSR count). The molecule has 24 heavy (non-hydrogen) atoms. The van der Waals surface area contributed by atoms with Crippen LogP contribution in [0, 0.1) is 5.41 Å². The third-order valence-corrected chi connectivity index (χ3v) is 5.18. The second kappa shape index (κ2) is 6.77. The summed E-state index contributed by atoms with van der Waals surface area (Å²) in [5.41, 5.74) is 0.570. The van der Waals surface area contributed by atoms with Gasteiger partial charge in [0.2, 0.25) is 5.91 Å². The van der Waals surface area contributed by atoms with Gasteiger partial charge in [-0.2, -0.15) is 4.72 Å². The number of nitrogens with zero attached hydrogens (tertiary/aromatic N) is 1. The number of anilines is 1. The molecule has 0 aromatic heterocycles. The number of aromatic hydroxyl groups is 1. The minimum absolute atomic E-state index is 0.0448. The molecule has 1 aromatic rings. The standard InChI is InChI=1S/C15H25N3O5S/c1-15(2,3)14(21)16-7-6-10-4-5-11(12(19)8-10)18-9-13(20)17-24(18,22)23/h4-5,8,13,17,19-20,22-23H,6-7,9H2,1-3H3,(H,16,21). The van der Waals surface area contributed by atoms with E-state index in [1.807, 2.05) is 20.8 Å². The zero-order valence-electron chi connectivity index (χ0n) is 14.0. The molecule has 1 saturated heterocycles. The molecule has 0 bridgehead atoms. The van der Waals surface area contributed by atoms with Gasteiger partial charge in [-0.05, 0) is 24.1 Å². The Balaban J connectivity index is 2.01. The average molecular weight is 359 g/mol. The molecule has 1 heterocycles. The number of amides is 1. The number of nitrogens with one attached hydrogen (secondary N) is 2. The number of aliphatic hydroxyl groups excluding tert-OH is 1. The van der Waals surface area contributed by atoms with Crippen molar-refractivity contribution in [3.05, 3.63) is 23.8 Å². The number of carbonyl (C=O) groups excluding carboxylic acids is 1. The molecule has 1 aliphatic rings. The van der Waals surface area contributed by atoms with Crippen LogP contribution in [0.25, 0.3) is 0 Å². The molecule has 1 fully saturated rings. The maximum absolute atomic E-state index is 11.8. The van der Waals surface area contributed by atoms with Gasteiger partial charge in [0.05, 0.1) is 6.54 Å². The fraction of sp³-hybridized carbons (Fsp3) is 0.533. The minimum atomic E-state index is -3.35. The van der Waals surface area contributed by atoms with E-state index >= 15 is 0 Å². The first kappa shape index (κ1) is 18.8. The van der Waals surface area contributed by atoms with E-state index in [2.05, 4.69) is 10.0 Å². The summed E-state index contributed by atoms with van der Waals surface area (Å²) in [5.74, 6) is -0.167. The molecule has 1 aliphatic heterocycles. The number of carbonyl (C=O) groups is 1. The van der Waals surface area contributed by atoms with Crippen LogP contribution >= 0.6 is 11.0 Å². The molecule has 8 nitrogen and oxygen atoms in total. The van der Waals surface area contributed by atoms with Crippen LogP contribution in [0.3, 0.4) is 0 Å². The summed E-state index contributed by atoms with van der Waals surface area (Å²) in [5, 5.41) is 22.5. The van der Waals surface area contributed by atoms with E-state index in [-0.39, 0.29) is 23.9 Å². The fourth-order valence-electron chi connectivity index (χ4n) is 2.30. The maximum atomic E-state index is 11.8.